The van der Waals surface area contributed by atoms with Crippen LogP contribution < -0.4 is 15.0 Å². The van der Waals surface area contributed by atoms with Gasteiger partial charge in [0.1, 0.15) is 5.82 Å². The van der Waals surface area contributed by atoms with Crippen molar-refractivity contribution in [1.82, 2.24) is 20.2 Å². The predicted octanol–water partition coefficient (Wildman–Crippen LogP) is 0.165. The summed E-state index contributed by atoms with van der Waals surface area (Å²) in [6.07, 6.45) is 1.48. The van der Waals surface area contributed by atoms with Crippen LogP contribution >= 0.6 is 0 Å². The van der Waals surface area contributed by atoms with Crippen molar-refractivity contribution in [2.24, 2.45) is 0 Å². The summed E-state index contributed by atoms with van der Waals surface area (Å²) in [6.45, 7) is 4.38. The van der Waals surface area contributed by atoms with Gasteiger partial charge in [-0.05, 0) is 20.0 Å². The van der Waals surface area contributed by atoms with Crippen LogP contribution in [0.5, 0.6) is 6.01 Å². The molecule has 0 radical (unpaired) electrons. The number of methoxy groups -OCH3 is 1. The number of rotatable bonds is 3. The van der Waals surface area contributed by atoms with Crippen LogP contribution in [0.15, 0.2) is 0 Å². The Bertz CT molecular complexity index is 584. The van der Waals surface area contributed by atoms with Crippen molar-refractivity contribution in [2.45, 2.75) is 25.4 Å². The smallest absolute Gasteiger partial charge is 0.318 e. The van der Waals surface area contributed by atoms with E-state index >= 15 is 0 Å². The number of fused-ring (bicyclic) bond motifs is 1. The summed E-state index contributed by atoms with van der Waals surface area (Å²) >= 11 is 0. The zero-order chi connectivity index (χ0) is 15.5. The molecule has 1 N–H and O–H groups in total. The molecule has 7 nitrogen and oxygen atoms in total. The Morgan fingerprint density at radius 1 is 1.41 bits per heavy atom. The van der Waals surface area contributed by atoms with Crippen molar-refractivity contribution in [3.8, 4) is 12.1 Å². The fraction of sp³-hybridized carbons (Fsp3) is 0.667. The number of nitriles is 1. The largest absolute Gasteiger partial charge is 0.467 e. The average Bonchev–Trinajstić information content (AvgIpc) is 2.56. The van der Waals surface area contributed by atoms with E-state index in [0.717, 1.165) is 50.7 Å². The van der Waals surface area contributed by atoms with Crippen molar-refractivity contribution in [3.63, 3.8) is 0 Å². The fourth-order valence-corrected chi connectivity index (χ4v) is 3.13. The van der Waals surface area contributed by atoms with E-state index in [9.17, 15) is 0 Å². The Hall–Kier alpha value is -1.91. The molecule has 0 aliphatic carbocycles. The highest BCUT2D eigenvalue weighted by Gasteiger charge is 2.28. The molecular weight excluding hydrogens is 280 g/mol. The third-order valence-electron chi connectivity index (χ3n) is 4.48. The maximum Gasteiger partial charge on any atom is 0.318 e. The Balaban J connectivity index is 1.92. The van der Waals surface area contributed by atoms with Crippen LogP contribution in [0.3, 0.4) is 0 Å². The molecule has 1 unspecified atom stereocenters. The van der Waals surface area contributed by atoms with Gasteiger partial charge < -0.3 is 15.0 Å². The Labute approximate surface area is 130 Å². The number of hydrogen-bond acceptors (Lipinski definition) is 7. The van der Waals surface area contributed by atoms with Gasteiger partial charge in [-0.2, -0.15) is 15.2 Å². The molecule has 2 aliphatic rings. The second-order valence-electron chi connectivity index (χ2n) is 5.83. The molecular formula is C15H22N6O. The lowest BCUT2D eigenvalue weighted by atomic mass is 10.0. The summed E-state index contributed by atoms with van der Waals surface area (Å²) in [5.74, 6) is 0.986. The van der Waals surface area contributed by atoms with E-state index in [2.05, 4.69) is 38.2 Å². The van der Waals surface area contributed by atoms with Crippen molar-refractivity contribution in [1.29, 1.82) is 5.26 Å². The summed E-state index contributed by atoms with van der Waals surface area (Å²) in [6, 6.07) is 2.96. The van der Waals surface area contributed by atoms with Crippen LogP contribution in [0.4, 0.5) is 5.82 Å². The summed E-state index contributed by atoms with van der Waals surface area (Å²) in [7, 11) is 3.68. The van der Waals surface area contributed by atoms with Crippen molar-refractivity contribution in [2.75, 3.05) is 45.2 Å². The normalized spacial score (nSPS) is 22.0. The van der Waals surface area contributed by atoms with Gasteiger partial charge in [0, 0.05) is 37.8 Å². The second-order valence-corrected chi connectivity index (χ2v) is 5.83. The van der Waals surface area contributed by atoms with Crippen LogP contribution in [-0.4, -0.2) is 61.2 Å². The van der Waals surface area contributed by atoms with Gasteiger partial charge in [-0.15, -0.1) is 0 Å². The Morgan fingerprint density at radius 2 is 2.27 bits per heavy atom. The zero-order valence-electron chi connectivity index (χ0n) is 13.2. The summed E-state index contributed by atoms with van der Waals surface area (Å²) in [5, 5.41) is 12.4. The SMILES string of the molecule is COc1nc2c(c(N3CCN(C)C(CC#N)C3)n1)CCNC2. The van der Waals surface area contributed by atoms with Gasteiger partial charge in [0.25, 0.3) is 0 Å². The highest BCUT2D eigenvalue weighted by molar-refractivity contribution is 5.51. The number of ether oxygens (including phenoxy) is 1. The molecule has 1 saturated heterocycles. The maximum absolute atomic E-state index is 9.02. The van der Waals surface area contributed by atoms with Gasteiger partial charge >= 0.3 is 6.01 Å². The molecule has 1 aromatic heterocycles. The standard InChI is InChI=1S/C15H22N6O/c1-20-7-8-21(10-11(20)3-5-16)14-12-4-6-17-9-13(12)18-15(19-14)22-2/h11,17H,3-4,6-10H2,1-2H3. The number of anilines is 1. The molecule has 0 spiro atoms. The molecule has 22 heavy (non-hydrogen) atoms. The van der Waals surface area contributed by atoms with Crippen molar-refractivity contribution in [3.05, 3.63) is 11.3 Å². The van der Waals surface area contributed by atoms with E-state index in [4.69, 9.17) is 10.00 Å². The summed E-state index contributed by atoms with van der Waals surface area (Å²) in [4.78, 5) is 13.6. The van der Waals surface area contributed by atoms with Gasteiger partial charge in [0.15, 0.2) is 0 Å². The minimum absolute atomic E-state index is 0.247. The first-order valence-corrected chi connectivity index (χ1v) is 7.69. The average molecular weight is 302 g/mol. The van der Waals surface area contributed by atoms with Gasteiger partial charge in [-0.1, -0.05) is 0 Å². The molecule has 118 valence electrons. The highest BCUT2D eigenvalue weighted by atomic mass is 16.5. The van der Waals surface area contributed by atoms with E-state index in [1.807, 2.05) is 0 Å². The van der Waals surface area contributed by atoms with E-state index in [1.165, 1.54) is 5.56 Å². The van der Waals surface area contributed by atoms with Gasteiger partial charge in [0.05, 0.1) is 25.3 Å². The molecule has 1 aromatic rings. The minimum atomic E-state index is 0.247. The molecule has 2 aliphatic heterocycles. The van der Waals surface area contributed by atoms with E-state index < -0.39 is 0 Å². The number of piperazine rings is 1. The molecule has 0 saturated carbocycles. The first-order chi connectivity index (χ1) is 10.7. The number of aromatic nitrogens is 2. The van der Waals surface area contributed by atoms with Crippen LogP contribution in [-0.2, 0) is 13.0 Å². The lowest BCUT2D eigenvalue weighted by Crippen LogP contribution is -2.52. The third-order valence-corrected chi connectivity index (χ3v) is 4.48. The molecule has 0 aromatic carbocycles. The maximum atomic E-state index is 9.02. The van der Waals surface area contributed by atoms with E-state index in [1.54, 1.807) is 7.11 Å². The van der Waals surface area contributed by atoms with Crippen LogP contribution in [0.1, 0.15) is 17.7 Å². The van der Waals surface area contributed by atoms with Crippen LogP contribution in [0.25, 0.3) is 0 Å². The lowest BCUT2D eigenvalue weighted by molar-refractivity contribution is 0.220. The van der Waals surface area contributed by atoms with E-state index in [0.29, 0.717) is 12.4 Å². The van der Waals surface area contributed by atoms with E-state index in [-0.39, 0.29) is 6.04 Å². The van der Waals surface area contributed by atoms with Crippen LogP contribution in [0.2, 0.25) is 0 Å². The van der Waals surface area contributed by atoms with Gasteiger partial charge in [-0.25, -0.2) is 0 Å². The van der Waals surface area contributed by atoms with Crippen molar-refractivity contribution >= 4 is 5.82 Å². The first-order valence-electron chi connectivity index (χ1n) is 7.69. The molecule has 3 heterocycles. The number of nitrogens with one attached hydrogen (secondary N) is 1. The third kappa shape index (κ3) is 2.85. The quantitative estimate of drug-likeness (QED) is 0.852. The molecule has 0 bridgehead atoms. The molecule has 3 rings (SSSR count). The fourth-order valence-electron chi connectivity index (χ4n) is 3.13. The van der Waals surface area contributed by atoms with Gasteiger partial charge in [0.2, 0.25) is 0 Å². The zero-order valence-corrected chi connectivity index (χ0v) is 13.2. The van der Waals surface area contributed by atoms with Gasteiger partial charge in [-0.3, -0.25) is 4.90 Å². The molecule has 1 atom stereocenters. The number of likely N-dealkylation sites (N-methyl/N-ethyl adjacent to an activating group) is 1. The second kappa shape index (κ2) is 6.46. The minimum Gasteiger partial charge on any atom is -0.467 e. The molecule has 0 amide bonds. The van der Waals surface area contributed by atoms with Crippen LogP contribution in [0, 0.1) is 11.3 Å². The predicted molar refractivity (Wildman–Crippen MR) is 82.9 cm³/mol. The topological polar surface area (TPSA) is 77.3 Å². The number of hydrogen-bond donors (Lipinski definition) is 1. The number of nitrogens with zero attached hydrogens (tertiary/aromatic N) is 5. The summed E-state index contributed by atoms with van der Waals surface area (Å²) in [5.41, 5.74) is 2.25. The lowest BCUT2D eigenvalue weighted by Gasteiger charge is -2.40. The molecule has 1 fully saturated rings. The Kier molecular flexibility index (Phi) is 4.41. The monoisotopic (exact) mass is 302 g/mol. The summed E-state index contributed by atoms with van der Waals surface area (Å²) < 4.78 is 5.27. The Morgan fingerprint density at radius 3 is 3.05 bits per heavy atom. The van der Waals surface area contributed by atoms with Crippen molar-refractivity contribution < 1.29 is 4.74 Å². The highest BCUT2D eigenvalue weighted by Crippen LogP contribution is 2.28. The molecule has 7 heteroatoms. The first kappa shape index (κ1) is 15.0.